The second-order valence-electron chi connectivity index (χ2n) is 8.65. The van der Waals surface area contributed by atoms with Gasteiger partial charge in [-0.1, -0.05) is 42.1 Å². The number of thiophene rings is 1. The first kappa shape index (κ1) is 28.0. The van der Waals surface area contributed by atoms with E-state index >= 15 is 0 Å². The fraction of sp³-hybridized carbons (Fsp3) is 0.179. The molecular weight excluding hydrogens is 545 g/mol. The van der Waals surface area contributed by atoms with Crippen LogP contribution in [0.15, 0.2) is 87.9 Å². The van der Waals surface area contributed by atoms with E-state index in [0.29, 0.717) is 22.0 Å². The largest absolute Gasteiger partial charge is 0.416 e. The lowest BCUT2D eigenvalue weighted by Crippen LogP contribution is -2.31. The molecular formula is C28H23F3N4O2S2. The van der Waals surface area contributed by atoms with Crippen molar-refractivity contribution < 1.29 is 22.8 Å². The predicted octanol–water partition coefficient (Wildman–Crippen LogP) is 6.78. The first-order chi connectivity index (χ1) is 18.6. The van der Waals surface area contributed by atoms with E-state index in [9.17, 15) is 28.0 Å². The zero-order valence-electron chi connectivity index (χ0n) is 20.8. The van der Waals surface area contributed by atoms with Gasteiger partial charge in [0.2, 0.25) is 5.91 Å². The van der Waals surface area contributed by atoms with Gasteiger partial charge in [-0.3, -0.25) is 9.59 Å². The number of nitrogens with zero attached hydrogens (tertiary/aromatic N) is 1. The highest BCUT2D eigenvalue weighted by atomic mass is 32.2. The number of hydrogen-bond acceptors (Lipinski definition) is 6. The van der Waals surface area contributed by atoms with Gasteiger partial charge in [0.1, 0.15) is 0 Å². The van der Waals surface area contributed by atoms with Crippen LogP contribution in [0.3, 0.4) is 0 Å². The number of amides is 2. The number of thioether (sulfide) groups is 1. The fourth-order valence-corrected chi connectivity index (χ4v) is 5.81. The Labute approximate surface area is 231 Å². The minimum Gasteiger partial charge on any atom is -0.353 e. The van der Waals surface area contributed by atoms with Crippen LogP contribution in [0, 0.1) is 18.3 Å². The smallest absolute Gasteiger partial charge is 0.353 e. The number of rotatable bonds is 7. The van der Waals surface area contributed by atoms with Crippen molar-refractivity contribution in [3.8, 4) is 6.07 Å². The van der Waals surface area contributed by atoms with E-state index in [1.165, 1.54) is 23.5 Å². The molecule has 0 saturated heterocycles. The number of nitriles is 1. The van der Waals surface area contributed by atoms with E-state index < -0.39 is 23.6 Å². The van der Waals surface area contributed by atoms with Crippen LogP contribution in [-0.2, 0) is 15.8 Å². The molecule has 39 heavy (non-hydrogen) atoms. The average molecular weight is 569 g/mol. The highest BCUT2D eigenvalue weighted by molar-refractivity contribution is 8.03. The maximum absolute atomic E-state index is 13.5. The number of anilines is 2. The molecule has 1 aliphatic heterocycles. The Morgan fingerprint density at radius 2 is 1.85 bits per heavy atom. The van der Waals surface area contributed by atoms with Crippen molar-refractivity contribution in [2.45, 2.75) is 25.9 Å². The first-order valence-corrected chi connectivity index (χ1v) is 13.6. The molecule has 2 heterocycles. The van der Waals surface area contributed by atoms with Gasteiger partial charge in [0.15, 0.2) is 0 Å². The van der Waals surface area contributed by atoms with E-state index in [2.05, 4.69) is 22.0 Å². The summed E-state index contributed by atoms with van der Waals surface area (Å²) in [6, 6.07) is 17.6. The Morgan fingerprint density at radius 1 is 1.08 bits per heavy atom. The molecule has 4 rings (SSSR count). The fourth-order valence-electron chi connectivity index (χ4n) is 4.08. The van der Waals surface area contributed by atoms with Gasteiger partial charge in [-0.15, -0.1) is 11.3 Å². The standard InChI is InChI=1S/C28H23F3N4O2S2/c1-16-7-3-4-10-21(16)35-26(37)24-17(2)33-27(20(14-32)25(24)22-11-6-12-38-22)39-15-23(36)34-19-9-5-8-18(13-19)28(29,30)31/h3-13,25,33H,15H2,1-2H3,(H,34,36)(H,35,37)/t25-/m1/s1. The van der Waals surface area contributed by atoms with Crippen molar-refractivity contribution in [2.75, 3.05) is 16.4 Å². The van der Waals surface area contributed by atoms with Crippen LogP contribution in [-0.4, -0.2) is 17.6 Å². The Bertz CT molecular complexity index is 1510. The van der Waals surface area contributed by atoms with E-state index in [4.69, 9.17) is 0 Å². The number of carbonyl (C=O) groups excluding carboxylic acids is 2. The number of benzene rings is 2. The van der Waals surface area contributed by atoms with Crippen molar-refractivity contribution in [3.63, 3.8) is 0 Å². The molecule has 11 heteroatoms. The van der Waals surface area contributed by atoms with Gasteiger partial charge in [0.25, 0.3) is 5.91 Å². The lowest BCUT2D eigenvalue weighted by atomic mass is 9.86. The summed E-state index contributed by atoms with van der Waals surface area (Å²) < 4.78 is 39.0. The van der Waals surface area contributed by atoms with Crippen LogP contribution in [0.4, 0.5) is 24.5 Å². The summed E-state index contributed by atoms with van der Waals surface area (Å²) in [4.78, 5) is 26.9. The molecule has 1 atom stereocenters. The lowest BCUT2D eigenvalue weighted by Gasteiger charge is -2.29. The Balaban J connectivity index is 1.56. The summed E-state index contributed by atoms with van der Waals surface area (Å²) in [5.74, 6) is -1.72. The van der Waals surface area contributed by atoms with E-state index in [0.717, 1.165) is 34.3 Å². The van der Waals surface area contributed by atoms with Crippen molar-refractivity contribution >= 4 is 46.3 Å². The molecule has 2 aromatic carbocycles. The SMILES string of the molecule is CC1=C(C(=O)Nc2ccccc2C)[C@@H](c2cccs2)C(C#N)=C(SCC(=O)Nc2cccc(C(F)(F)F)c2)N1. The second-order valence-corrected chi connectivity index (χ2v) is 10.6. The molecule has 0 aliphatic carbocycles. The minimum atomic E-state index is -4.53. The molecule has 0 unspecified atom stereocenters. The van der Waals surface area contributed by atoms with Gasteiger partial charge in [-0.25, -0.2) is 0 Å². The van der Waals surface area contributed by atoms with Crippen molar-refractivity contribution in [3.05, 3.63) is 104 Å². The molecule has 3 aromatic rings. The number of aryl methyl sites for hydroxylation is 1. The summed E-state index contributed by atoms with van der Waals surface area (Å²) >= 11 is 2.45. The molecule has 0 saturated carbocycles. The van der Waals surface area contributed by atoms with Crippen LogP contribution < -0.4 is 16.0 Å². The molecule has 1 aromatic heterocycles. The monoisotopic (exact) mass is 568 g/mol. The first-order valence-electron chi connectivity index (χ1n) is 11.7. The third kappa shape index (κ3) is 6.53. The van der Waals surface area contributed by atoms with Gasteiger partial charge in [0.05, 0.1) is 33.9 Å². The Kier molecular flexibility index (Phi) is 8.47. The summed E-state index contributed by atoms with van der Waals surface area (Å²) in [6.07, 6.45) is -4.53. The Morgan fingerprint density at radius 3 is 2.51 bits per heavy atom. The zero-order chi connectivity index (χ0) is 28.2. The van der Waals surface area contributed by atoms with Crippen LogP contribution in [0.2, 0.25) is 0 Å². The number of allylic oxidation sites excluding steroid dienone is 2. The van der Waals surface area contributed by atoms with Gasteiger partial charge in [0, 0.05) is 27.5 Å². The molecule has 0 radical (unpaired) electrons. The zero-order valence-corrected chi connectivity index (χ0v) is 22.5. The van der Waals surface area contributed by atoms with Gasteiger partial charge in [-0.2, -0.15) is 18.4 Å². The van der Waals surface area contributed by atoms with Gasteiger partial charge >= 0.3 is 6.18 Å². The van der Waals surface area contributed by atoms with Gasteiger partial charge in [-0.05, 0) is 55.1 Å². The number of hydrogen-bond donors (Lipinski definition) is 3. The van der Waals surface area contributed by atoms with E-state index in [-0.39, 0.29) is 22.9 Å². The quantitative estimate of drug-likeness (QED) is 0.292. The molecule has 200 valence electrons. The number of carbonyl (C=O) groups is 2. The molecule has 0 fully saturated rings. The minimum absolute atomic E-state index is 0.0178. The van der Waals surface area contributed by atoms with Crippen LogP contribution in [0.1, 0.15) is 28.8 Å². The third-order valence-electron chi connectivity index (χ3n) is 5.93. The molecule has 0 spiro atoms. The number of dihydropyridines is 1. The van der Waals surface area contributed by atoms with Crippen molar-refractivity contribution in [1.82, 2.24) is 5.32 Å². The molecule has 0 bridgehead atoms. The van der Waals surface area contributed by atoms with Crippen LogP contribution >= 0.6 is 23.1 Å². The van der Waals surface area contributed by atoms with E-state index in [1.54, 1.807) is 13.0 Å². The molecule has 3 N–H and O–H groups in total. The summed E-state index contributed by atoms with van der Waals surface area (Å²) in [7, 11) is 0. The third-order valence-corrected chi connectivity index (χ3v) is 7.89. The lowest BCUT2D eigenvalue weighted by molar-refractivity contribution is -0.137. The van der Waals surface area contributed by atoms with Crippen LogP contribution in [0.5, 0.6) is 0 Å². The number of alkyl halides is 3. The highest BCUT2D eigenvalue weighted by Crippen LogP contribution is 2.42. The molecule has 1 aliphatic rings. The Hall–Kier alpha value is -4.01. The topological polar surface area (TPSA) is 94.0 Å². The van der Waals surface area contributed by atoms with Crippen molar-refractivity contribution in [2.24, 2.45) is 0 Å². The molecule has 2 amide bonds. The van der Waals surface area contributed by atoms with Crippen molar-refractivity contribution in [1.29, 1.82) is 5.26 Å². The molecule has 6 nitrogen and oxygen atoms in total. The van der Waals surface area contributed by atoms with Gasteiger partial charge < -0.3 is 16.0 Å². The van der Waals surface area contributed by atoms with Crippen LogP contribution in [0.25, 0.3) is 0 Å². The maximum Gasteiger partial charge on any atom is 0.416 e. The second kappa shape index (κ2) is 11.8. The highest BCUT2D eigenvalue weighted by Gasteiger charge is 2.35. The summed E-state index contributed by atoms with van der Waals surface area (Å²) in [6.45, 7) is 3.61. The normalized spacial score (nSPS) is 15.4. The maximum atomic E-state index is 13.5. The predicted molar refractivity (Wildman–Crippen MR) is 148 cm³/mol. The summed E-state index contributed by atoms with van der Waals surface area (Å²) in [5.41, 5.74) is 1.88. The average Bonchev–Trinajstić information content (AvgIpc) is 3.42. The number of para-hydroxylation sites is 1. The number of halogens is 3. The summed E-state index contributed by atoms with van der Waals surface area (Å²) in [5, 5.41) is 20.9. The van der Waals surface area contributed by atoms with E-state index in [1.807, 2.05) is 42.6 Å². The number of nitrogens with one attached hydrogen (secondary N) is 3.